The van der Waals surface area contributed by atoms with Crippen molar-refractivity contribution in [1.82, 2.24) is 9.80 Å². The van der Waals surface area contributed by atoms with Gasteiger partial charge in [0.25, 0.3) is 11.8 Å². The minimum atomic E-state index is -0.623. The van der Waals surface area contributed by atoms with Gasteiger partial charge in [0.2, 0.25) is 0 Å². The molecule has 2 aliphatic rings. The lowest BCUT2D eigenvalue weighted by molar-refractivity contribution is -0.276. The van der Waals surface area contributed by atoms with E-state index in [-0.39, 0.29) is 43.1 Å². The van der Waals surface area contributed by atoms with Crippen molar-refractivity contribution in [3.63, 3.8) is 0 Å². The minimum absolute atomic E-state index is 0.0164. The van der Waals surface area contributed by atoms with Gasteiger partial charge in [0.05, 0.1) is 36.5 Å². The van der Waals surface area contributed by atoms with Gasteiger partial charge in [0.15, 0.2) is 6.29 Å². The summed E-state index contributed by atoms with van der Waals surface area (Å²) < 4.78 is 13.7. The maximum Gasteiger partial charge on any atom is 0.261 e. The fraction of sp³-hybridized carbons (Fsp3) is 0.208. The Hall–Kier alpha value is -5.70. The van der Waals surface area contributed by atoms with Crippen LogP contribution in [0.4, 0.5) is 0 Å². The van der Waals surface area contributed by atoms with Crippen LogP contribution < -0.4 is 0 Å². The number of aliphatic hydroxyl groups is 1. The molecule has 0 spiro atoms. The summed E-state index contributed by atoms with van der Waals surface area (Å²) in [5.74, 6) is -0.515. The molecule has 55 heavy (non-hydrogen) atoms. The lowest BCUT2D eigenvalue weighted by atomic mass is 9.89. The van der Waals surface area contributed by atoms with Crippen molar-refractivity contribution in [3.05, 3.63) is 202 Å². The monoisotopic (exact) mass is 728 g/mol. The van der Waals surface area contributed by atoms with Crippen LogP contribution in [-0.4, -0.2) is 39.4 Å². The van der Waals surface area contributed by atoms with E-state index in [2.05, 4.69) is 72.5 Å². The molecule has 8 rings (SSSR count). The predicted octanol–water partition coefficient (Wildman–Crippen LogP) is 9.14. The van der Waals surface area contributed by atoms with Crippen molar-refractivity contribution >= 4 is 11.8 Å². The van der Waals surface area contributed by atoms with Crippen LogP contribution in [0.2, 0.25) is 0 Å². The maximum absolute atomic E-state index is 13.2. The molecule has 2 amide bonds. The second-order valence-electron chi connectivity index (χ2n) is 14.5. The van der Waals surface area contributed by atoms with E-state index in [9.17, 15) is 14.7 Å². The molecule has 4 atom stereocenters. The lowest BCUT2D eigenvalue weighted by Gasteiger charge is -2.43. The first-order chi connectivity index (χ1) is 26.9. The van der Waals surface area contributed by atoms with Gasteiger partial charge >= 0.3 is 0 Å². The summed E-state index contributed by atoms with van der Waals surface area (Å²) in [5.41, 5.74) is 8.95. The van der Waals surface area contributed by atoms with Crippen molar-refractivity contribution in [2.24, 2.45) is 5.92 Å². The second kappa shape index (κ2) is 16.3. The predicted molar refractivity (Wildman–Crippen MR) is 212 cm³/mol. The molecule has 0 bridgehead atoms. The van der Waals surface area contributed by atoms with Crippen LogP contribution in [0.5, 0.6) is 0 Å². The quantitative estimate of drug-likeness (QED) is 0.127. The Morgan fingerprint density at radius 3 is 1.69 bits per heavy atom. The first-order valence-corrected chi connectivity index (χ1v) is 18.9. The van der Waals surface area contributed by atoms with Crippen LogP contribution >= 0.6 is 0 Å². The molecule has 0 unspecified atom stereocenters. The van der Waals surface area contributed by atoms with E-state index in [1.807, 2.05) is 72.8 Å². The fourth-order valence-electron chi connectivity index (χ4n) is 7.76. The van der Waals surface area contributed by atoms with Gasteiger partial charge < -0.3 is 14.6 Å². The van der Waals surface area contributed by atoms with E-state index in [0.29, 0.717) is 17.7 Å². The molecule has 2 aliphatic heterocycles. The van der Waals surface area contributed by atoms with E-state index in [1.54, 1.807) is 24.3 Å². The van der Waals surface area contributed by atoms with Crippen molar-refractivity contribution in [2.45, 2.75) is 51.7 Å². The van der Waals surface area contributed by atoms with Gasteiger partial charge in [-0.05, 0) is 51.1 Å². The Labute approximate surface area is 322 Å². The molecule has 2 heterocycles. The molecular weight excluding hydrogens is 685 g/mol. The molecule has 0 aliphatic carbocycles. The normalized spacial score (nSPS) is 19.5. The van der Waals surface area contributed by atoms with Gasteiger partial charge in [-0.15, -0.1) is 0 Å². The molecule has 276 valence electrons. The topological polar surface area (TPSA) is 79.3 Å². The first-order valence-electron chi connectivity index (χ1n) is 18.9. The highest BCUT2D eigenvalue weighted by Crippen LogP contribution is 2.42. The third kappa shape index (κ3) is 7.93. The van der Waals surface area contributed by atoms with E-state index < -0.39 is 6.29 Å². The van der Waals surface area contributed by atoms with E-state index in [4.69, 9.17) is 9.47 Å². The van der Waals surface area contributed by atoms with Gasteiger partial charge in [-0.2, -0.15) is 0 Å². The van der Waals surface area contributed by atoms with Gasteiger partial charge in [0.1, 0.15) is 0 Å². The number of ether oxygens (including phenoxy) is 2. The van der Waals surface area contributed by atoms with Gasteiger partial charge in [-0.25, -0.2) is 0 Å². The molecule has 0 saturated carbocycles. The van der Waals surface area contributed by atoms with Gasteiger partial charge in [0, 0.05) is 31.1 Å². The molecule has 6 aromatic rings. The Morgan fingerprint density at radius 1 is 0.582 bits per heavy atom. The second-order valence-corrected chi connectivity index (χ2v) is 14.5. The Kier molecular flexibility index (Phi) is 10.8. The van der Waals surface area contributed by atoms with Crippen molar-refractivity contribution < 1.29 is 24.2 Å². The standard InChI is InChI=1S/C48H44N2O5/c1-33-44(31-49(28-34-12-4-2-5-13-34)29-35-14-6-3-7-15-35)54-48(55-45(33)38-22-20-36(32-51)21-23-38)39-26-24-37(25-27-39)41-17-9-8-16-40(41)30-50-46(52)42-18-10-11-19-43(42)47(50)53/h2-27,33,44-45,48,51H,28-32H2,1H3/t33-,44+,45+,48+/m0/s1. The number of nitrogens with zero attached hydrogens (tertiary/aromatic N) is 2. The SMILES string of the molecule is C[C@H]1[C@@H](CN(Cc2ccccc2)Cc2ccccc2)O[C@@H](c2ccc(-c3ccccc3CN3C(=O)c4ccccc4C3=O)cc2)O[C@H]1c1ccc(CO)cc1. The number of carbonyl (C=O) groups is 2. The zero-order valence-corrected chi connectivity index (χ0v) is 30.8. The Morgan fingerprint density at radius 2 is 1.11 bits per heavy atom. The van der Waals surface area contributed by atoms with Crippen LogP contribution in [0, 0.1) is 5.92 Å². The van der Waals surface area contributed by atoms with Crippen molar-refractivity contribution in [1.29, 1.82) is 0 Å². The highest BCUT2D eigenvalue weighted by atomic mass is 16.7. The maximum atomic E-state index is 13.2. The largest absolute Gasteiger partial charge is 0.392 e. The number of hydrogen-bond acceptors (Lipinski definition) is 6. The van der Waals surface area contributed by atoms with Crippen LogP contribution in [0.1, 0.15) is 73.4 Å². The summed E-state index contributed by atoms with van der Waals surface area (Å²) in [6.07, 6.45) is -1.03. The molecule has 7 nitrogen and oxygen atoms in total. The van der Waals surface area contributed by atoms with Crippen molar-refractivity contribution in [3.8, 4) is 11.1 Å². The van der Waals surface area contributed by atoms with Crippen LogP contribution in [-0.2, 0) is 35.7 Å². The number of imide groups is 1. The number of carbonyl (C=O) groups excluding carboxylic acids is 2. The van der Waals surface area contributed by atoms with Gasteiger partial charge in [-0.1, -0.05) is 153 Å². The molecule has 1 saturated heterocycles. The average Bonchev–Trinajstić information content (AvgIpc) is 3.47. The summed E-state index contributed by atoms with van der Waals surface area (Å²) in [6, 6.07) is 52.2. The third-order valence-electron chi connectivity index (χ3n) is 10.8. The highest BCUT2D eigenvalue weighted by molar-refractivity contribution is 6.21. The molecule has 7 heteroatoms. The number of hydrogen-bond donors (Lipinski definition) is 1. The molecular formula is C48H44N2O5. The summed E-state index contributed by atoms with van der Waals surface area (Å²) in [7, 11) is 0. The van der Waals surface area contributed by atoms with E-state index in [1.165, 1.54) is 16.0 Å². The summed E-state index contributed by atoms with van der Waals surface area (Å²) in [6.45, 7) is 4.61. The molecule has 1 N–H and O–H groups in total. The van der Waals surface area contributed by atoms with Crippen LogP contribution in [0.15, 0.2) is 158 Å². The highest BCUT2D eigenvalue weighted by Gasteiger charge is 2.39. The fourth-order valence-corrected chi connectivity index (χ4v) is 7.76. The average molecular weight is 729 g/mol. The summed E-state index contributed by atoms with van der Waals surface area (Å²) in [4.78, 5) is 30.2. The first kappa shape index (κ1) is 36.3. The number of amides is 2. The minimum Gasteiger partial charge on any atom is -0.392 e. The number of aliphatic hydroxyl groups excluding tert-OH is 1. The number of benzene rings is 6. The molecule has 0 radical (unpaired) electrons. The number of fused-ring (bicyclic) bond motifs is 1. The zero-order valence-electron chi connectivity index (χ0n) is 30.8. The van der Waals surface area contributed by atoms with E-state index in [0.717, 1.165) is 46.5 Å². The third-order valence-corrected chi connectivity index (χ3v) is 10.8. The van der Waals surface area contributed by atoms with Crippen LogP contribution in [0.25, 0.3) is 11.1 Å². The van der Waals surface area contributed by atoms with Crippen molar-refractivity contribution in [2.75, 3.05) is 6.54 Å². The summed E-state index contributed by atoms with van der Waals surface area (Å²) >= 11 is 0. The molecule has 1 fully saturated rings. The van der Waals surface area contributed by atoms with Crippen LogP contribution in [0.3, 0.4) is 0 Å². The molecule has 6 aromatic carbocycles. The molecule has 0 aromatic heterocycles. The Balaban J connectivity index is 1.06. The smallest absolute Gasteiger partial charge is 0.261 e. The number of rotatable bonds is 12. The van der Waals surface area contributed by atoms with E-state index >= 15 is 0 Å². The zero-order chi connectivity index (χ0) is 37.7. The Bertz CT molecular complexity index is 2160. The summed E-state index contributed by atoms with van der Waals surface area (Å²) in [5, 5.41) is 9.73. The lowest BCUT2D eigenvalue weighted by Crippen LogP contribution is -2.44. The van der Waals surface area contributed by atoms with Gasteiger partial charge in [-0.3, -0.25) is 19.4 Å².